The minimum Gasteiger partial charge on any atom is -0.385 e. The standard InChI is InChI=1S/C12H19NO/c1-7-8(2)13-9-5-12(3,4)6-10(14)11(7)9/h9,11,13H,5-6H2,1-4H3. The third-order valence-corrected chi connectivity index (χ3v) is 3.63. The molecule has 2 unspecified atom stereocenters. The van der Waals surface area contributed by atoms with Crippen LogP contribution in [0.2, 0.25) is 0 Å². The second kappa shape index (κ2) is 2.85. The molecule has 2 nitrogen and oxygen atoms in total. The van der Waals surface area contributed by atoms with E-state index in [0.29, 0.717) is 11.8 Å². The minimum atomic E-state index is 0.169. The second-order valence-electron chi connectivity index (χ2n) is 5.55. The van der Waals surface area contributed by atoms with Crippen LogP contribution in [0, 0.1) is 11.3 Å². The van der Waals surface area contributed by atoms with Gasteiger partial charge in [0.1, 0.15) is 5.78 Å². The zero-order chi connectivity index (χ0) is 10.5. The number of allylic oxidation sites excluding steroid dienone is 1. The van der Waals surface area contributed by atoms with E-state index in [2.05, 4.69) is 33.0 Å². The van der Waals surface area contributed by atoms with E-state index in [-0.39, 0.29) is 11.3 Å². The lowest BCUT2D eigenvalue weighted by atomic mass is 9.69. The lowest BCUT2D eigenvalue weighted by Crippen LogP contribution is -2.43. The molecule has 0 aromatic carbocycles. The molecule has 0 saturated heterocycles. The van der Waals surface area contributed by atoms with Crippen LogP contribution in [-0.4, -0.2) is 11.8 Å². The molecule has 2 rings (SSSR count). The molecule has 1 aliphatic carbocycles. The predicted molar refractivity (Wildman–Crippen MR) is 56.8 cm³/mol. The predicted octanol–water partition coefficient (Wildman–Crippen LogP) is 2.26. The number of fused-ring (bicyclic) bond motifs is 1. The molecule has 2 atom stereocenters. The quantitative estimate of drug-likeness (QED) is 0.639. The molecule has 1 heterocycles. The van der Waals surface area contributed by atoms with Crippen LogP contribution in [0.25, 0.3) is 0 Å². The maximum atomic E-state index is 12.0. The van der Waals surface area contributed by atoms with Gasteiger partial charge in [-0.3, -0.25) is 4.79 Å². The summed E-state index contributed by atoms with van der Waals surface area (Å²) in [5, 5.41) is 3.45. The highest BCUT2D eigenvalue weighted by Gasteiger charge is 2.44. The second-order valence-corrected chi connectivity index (χ2v) is 5.55. The Bertz CT molecular complexity index is 314. The van der Waals surface area contributed by atoms with E-state index in [0.717, 1.165) is 12.8 Å². The van der Waals surface area contributed by atoms with Crippen molar-refractivity contribution in [2.45, 2.75) is 46.6 Å². The molecule has 2 aliphatic rings. The molecule has 1 saturated carbocycles. The molecule has 1 N–H and O–H groups in total. The molecule has 0 amide bonds. The summed E-state index contributed by atoms with van der Waals surface area (Å²) >= 11 is 0. The van der Waals surface area contributed by atoms with Crippen LogP contribution in [-0.2, 0) is 4.79 Å². The normalized spacial score (nSPS) is 35.6. The molecule has 0 spiro atoms. The van der Waals surface area contributed by atoms with Crippen molar-refractivity contribution >= 4 is 5.78 Å². The van der Waals surface area contributed by atoms with Gasteiger partial charge in [0, 0.05) is 18.2 Å². The zero-order valence-electron chi connectivity index (χ0n) is 9.48. The van der Waals surface area contributed by atoms with Crippen LogP contribution in [0.1, 0.15) is 40.5 Å². The lowest BCUT2D eigenvalue weighted by molar-refractivity contribution is -0.127. The zero-order valence-corrected chi connectivity index (χ0v) is 9.48. The molecule has 0 bridgehead atoms. The summed E-state index contributed by atoms with van der Waals surface area (Å²) in [4.78, 5) is 12.0. The van der Waals surface area contributed by atoms with E-state index < -0.39 is 0 Å². The monoisotopic (exact) mass is 193 g/mol. The van der Waals surface area contributed by atoms with E-state index in [4.69, 9.17) is 0 Å². The smallest absolute Gasteiger partial charge is 0.142 e. The van der Waals surface area contributed by atoms with E-state index in [1.165, 1.54) is 11.3 Å². The van der Waals surface area contributed by atoms with Gasteiger partial charge in [-0.1, -0.05) is 13.8 Å². The maximum absolute atomic E-state index is 12.0. The minimum absolute atomic E-state index is 0.169. The van der Waals surface area contributed by atoms with Gasteiger partial charge in [-0.2, -0.15) is 0 Å². The van der Waals surface area contributed by atoms with Gasteiger partial charge in [0.2, 0.25) is 0 Å². The highest BCUT2D eigenvalue weighted by Crippen LogP contribution is 2.42. The number of ketones is 1. The Morgan fingerprint density at radius 3 is 2.64 bits per heavy atom. The molecular formula is C12H19NO. The average molecular weight is 193 g/mol. The Labute approximate surface area is 85.8 Å². The third kappa shape index (κ3) is 1.37. The van der Waals surface area contributed by atoms with Crippen LogP contribution < -0.4 is 5.32 Å². The number of hydrogen-bond donors (Lipinski definition) is 1. The van der Waals surface area contributed by atoms with Crippen molar-refractivity contribution in [2.24, 2.45) is 11.3 Å². The topological polar surface area (TPSA) is 29.1 Å². The van der Waals surface area contributed by atoms with Crippen molar-refractivity contribution in [1.29, 1.82) is 0 Å². The van der Waals surface area contributed by atoms with Crippen molar-refractivity contribution < 1.29 is 4.79 Å². The number of carbonyl (C=O) groups is 1. The van der Waals surface area contributed by atoms with Crippen molar-refractivity contribution in [3.8, 4) is 0 Å². The van der Waals surface area contributed by atoms with Crippen molar-refractivity contribution in [3.63, 3.8) is 0 Å². The Balaban J connectivity index is 2.27. The SMILES string of the molecule is CC1=C(C)C2C(=O)CC(C)(C)CC2N1. The lowest BCUT2D eigenvalue weighted by Gasteiger charge is -2.37. The first-order valence-electron chi connectivity index (χ1n) is 5.37. The fourth-order valence-electron chi connectivity index (χ4n) is 2.89. The summed E-state index contributed by atoms with van der Waals surface area (Å²) in [6, 6.07) is 0.367. The molecule has 0 aromatic heterocycles. The van der Waals surface area contributed by atoms with Gasteiger partial charge in [-0.25, -0.2) is 0 Å². The van der Waals surface area contributed by atoms with Crippen LogP contribution >= 0.6 is 0 Å². The first-order chi connectivity index (χ1) is 6.41. The summed E-state index contributed by atoms with van der Waals surface area (Å²) in [6.07, 6.45) is 1.85. The highest BCUT2D eigenvalue weighted by atomic mass is 16.1. The number of carbonyl (C=O) groups excluding carboxylic acids is 1. The molecular weight excluding hydrogens is 174 g/mol. The van der Waals surface area contributed by atoms with Crippen LogP contribution in [0.15, 0.2) is 11.3 Å². The van der Waals surface area contributed by atoms with Crippen molar-refractivity contribution in [2.75, 3.05) is 0 Å². The Kier molecular flexibility index (Phi) is 1.98. The number of rotatable bonds is 0. The fourth-order valence-corrected chi connectivity index (χ4v) is 2.89. The summed E-state index contributed by atoms with van der Waals surface area (Å²) in [6.45, 7) is 8.54. The molecule has 78 valence electrons. The fraction of sp³-hybridized carbons (Fsp3) is 0.750. The van der Waals surface area contributed by atoms with Gasteiger partial charge in [-0.15, -0.1) is 0 Å². The number of hydrogen-bond acceptors (Lipinski definition) is 2. The number of nitrogens with one attached hydrogen (secondary N) is 1. The number of Topliss-reactive ketones (excluding diaryl/α,β-unsaturated/α-hetero) is 1. The summed E-state index contributed by atoms with van der Waals surface area (Å²) < 4.78 is 0. The van der Waals surface area contributed by atoms with Crippen molar-refractivity contribution in [3.05, 3.63) is 11.3 Å². The van der Waals surface area contributed by atoms with Gasteiger partial charge in [0.15, 0.2) is 0 Å². The Morgan fingerprint density at radius 1 is 1.36 bits per heavy atom. The summed E-state index contributed by atoms with van der Waals surface area (Å²) in [5.74, 6) is 0.594. The molecule has 2 heteroatoms. The molecule has 1 aliphatic heterocycles. The van der Waals surface area contributed by atoms with Crippen LogP contribution in [0.3, 0.4) is 0 Å². The maximum Gasteiger partial charge on any atom is 0.142 e. The first-order valence-corrected chi connectivity index (χ1v) is 5.37. The van der Waals surface area contributed by atoms with E-state index in [9.17, 15) is 4.79 Å². The summed E-state index contributed by atoms with van der Waals surface area (Å²) in [5.41, 5.74) is 2.65. The van der Waals surface area contributed by atoms with Gasteiger partial charge >= 0.3 is 0 Å². The van der Waals surface area contributed by atoms with E-state index in [1.54, 1.807) is 0 Å². The Hall–Kier alpha value is -0.790. The Morgan fingerprint density at radius 2 is 2.00 bits per heavy atom. The van der Waals surface area contributed by atoms with Gasteiger partial charge in [0.25, 0.3) is 0 Å². The van der Waals surface area contributed by atoms with E-state index in [1.807, 2.05) is 0 Å². The van der Waals surface area contributed by atoms with Crippen molar-refractivity contribution in [1.82, 2.24) is 5.32 Å². The highest BCUT2D eigenvalue weighted by molar-refractivity contribution is 5.86. The molecule has 0 radical (unpaired) electrons. The van der Waals surface area contributed by atoms with Gasteiger partial charge < -0.3 is 5.32 Å². The third-order valence-electron chi connectivity index (χ3n) is 3.63. The molecule has 14 heavy (non-hydrogen) atoms. The van der Waals surface area contributed by atoms with Gasteiger partial charge in [-0.05, 0) is 31.3 Å². The largest absolute Gasteiger partial charge is 0.385 e. The molecule has 0 aromatic rings. The van der Waals surface area contributed by atoms with Crippen LogP contribution in [0.5, 0.6) is 0 Å². The van der Waals surface area contributed by atoms with Gasteiger partial charge in [0.05, 0.1) is 5.92 Å². The van der Waals surface area contributed by atoms with Crippen LogP contribution in [0.4, 0.5) is 0 Å². The van der Waals surface area contributed by atoms with E-state index >= 15 is 0 Å². The summed E-state index contributed by atoms with van der Waals surface area (Å²) in [7, 11) is 0. The average Bonchev–Trinajstić information content (AvgIpc) is 2.24. The molecule has 1 fully saturated rings. The first kappa shape index (κ1) is 9.75.